The highest BCUT2D eigenvalue weighted by molar-refractivity contribution is 6.10. The summed E-state index contributed by atoms with van der Waals surface area (Å²) in [5, 5.41) is 2.25. The second kappa shape index (κ2) is 19.7. The molecule has 5 nitrogen and oxygen atoms in total. The number of allylic oxidation sites excluding steroid dienone is 2. The van der Waals surface area contributed by atoms with Gasteiger partial charge in [0.25, 0.3) is 11.8 Å². The van der Waals surface area contributed by atoms with E-state index in [2.05, 4.69) is 24.4 Å². The molecule has 0 aliphatic carbocycles. The second-order valence-electron chi connectivity index (χ2n) is 10.6. The van der Waals surface area contributed by atoms with Gasteiger partial charge in [-0.3, -0.25) is 19.7 Å². The quantitative estimate of drug-likeness (QED) is 0.101. The number of benzene rings is 2. The fourth-order valence-corrected chi connectivity index (χ4v) is 4.65. The Balaban J connectivity index is 1.74. The van der Waals surface area contributed by atoms with E-state index in [1.165, 1.54) is 62.8 Å². The Bertz CT molecular complexity index is 1100. The summed E-state index contributed by atoms with van der Waals surface area (Å²) in [6, 6.07) is 13.4. The number of amides is 3. The fraction of sp³-hybridized carbons (Fsp3) is 0.500. The number of halogens is 3. The van der Waals surface area contributed by atoms with E-state index in [-0.39, 0.29) is 17.8 Å². The Hall–Kier alpha value is -3.42. The van der Waals surface area contributed by atoms with Crippen LogP contribution in [-0.4, -0.2) is 30.4 Å². The molecule has 1 N–H and O–H groups in total. The molecule has 0 aromatic heterocycles. The van der Waals surface area contributed by atoms with Gasteiger partial charge in [0.15, 0.2) is 0 Å². The van der Waals surface area contributed by atoms with Gasteiger partial charge < -0.3 is 4.90 Å². The number of unbranched alkanes of at least 4 members (excludes halogenated alkanes) is 12. The monoisotopic (exact) mass is 586 g/mol. The second-order valence-corrected chi connectivity index (χ2v) is 10.6. The first-order valence-electron chi connectivity index (χ1n) is 15.3. The van der Waals surface area contributed by atoms with Crippen molar-refractivity contribution in [2.75, 3.05) is 11.4 Å². The maximum Gasteiger partial charge on any atom is 0.471 e. The van der Waals surface area contributed by atoms with E-state index in [1.807, 2.05) is 0 Å². The third-order valence-corrected chi connectivity index (χ3v) is 7.09. The van der Waals surface area contributed by atoms with Crippen LogP contribution in [0.25, 0.3) is 0 Å². The van der Waals surface area contributed by atoms with Crippen LogP contribution in [0.5, 0.6) is 0 Å². The highest BCUT2D eigenvalue weighted by Gasteiger charge is 2.42. The standard InChI is InChI=1S/C34H45F3N2O3/c1-2-3-4-5-6-7-8-9-10-11-12-13-14-15-16-20-27-39(33(42)34(35,36)37)30-25-23-29(24-26-30)32(41)38-31(40)28-21-18-17-19-22-28/h9-10,17-19,21-26H,2-8,11-16,20,27H2,1H3,(H,38,40,41)/b10-9+. The summed E-state index contributed by atoms with van der Waals surface area (Å²) in [6.45, 7) is 2.15. The van der Waals surface area contributed by atoms with Crippen molar-refractivity contribution in [3.05, 3.63) is 77.9 Å². The molecule has 42 heavy (non-hydrogen) atoms. The predicted octanol–water partition coefficient (Wildman–Crippen LogP) is 9.19. The number of carbonyl (C=O) groups excluding carboxylic acids is 3. The molecule has 0 aliphatic heterocycles. The van der Waals surface area contributed by atoms with Crippen LogP contribution >= 0.6 is 0 Å². The molecule has 230 valence electrons. The van der Waals surface area contributed by atoms with Crippen LogP contribution in [0.2, 0.25) is 0 Å². The molecule has 0 atom stereocenters. The van der Waals surface area contributed by atoms with Gasteiger partial charge in [-0.25, -0.2) is 0 Å². The zero-order valence-electron chi connectivity index (χ0n) is 24.8. The van der Waals surface area contributed by atoms with Gasteiger partial charge in [-0.15, -0.1) is 0 Å². The van der Waals surface area contributed by atoms with E-state index in [1.54, 1.807) is 30.3 Å². The number of nitrogens with one attached hydrogen (secondary N) is 1. The van der Waals surface area contributed by atoms with Crippen molar-refractivity contribution in [3.8, 4) is 0 Å². The van der Waals surface area contributed by atoms with Gasteiger partial charge in [0, 0.05) is 23.4 Å². The van der Waals surface area contributed by atoms with Crippen molar-refractivity contribution in [2.24, 2.45) is 0 Å². The van der Waals surface area contributed by atoms with E-state index >= 15 is 0 Å². The molecule has 0 fully saturated rings. The van der Waals surface area contributed by atoms with E-state index in [9.17, 15) is 27.6 Å². The molecule has 0 saturated heterocycles. The number of rotatable bonds is 19. The summed E-state index contributed by atoms with van der Waals surface area (Å²) in [4.78, 5) is 37.5. The van der Waals surface area contributed by atoms with Crippen LogP contribution in [0.1, 0.15) is 118 Å². The van der Waals surface area contributed by atoms with Gasteiger partial charge in [0.05, 0.1) is 0 Å². The highest BCUT2D eigenvalue weighted by Crippen LogP contribution is 2.25. The maximum atomic E-state index is 13.3. The van der Waals surface area contributed by atoms with Crippen molar-refractivity contribution in [3.63, 3.8) is 0 Å². The van der Waals surface area contributed by atoms with Crippen LogP contribution in [0, 0.1) is 0 Å². The largest absolute Gasteiger partial charge is 0.471 e. The molecular formula is C34H45F3N2O3. The van der Waals surface area contributed by atoms with Crippen LogP contribution in [-0.2, 0) is 4.79 Å². The number of imide groups is 1. The summed E-state index contributed by atoms with van der Waals surface area (Å²) >= 11 is 0. The van der Waals surface area contributed by atoms with Crippen molar-refractivity contribution in [1.82, 2.24) is 5.32 Å². The third-order valence-electron chi connectivity index (χ3n) is 7.09. The number of nitrogens with zero attached hydrogens (tertiary/aromatic N) is 1. The summed E-state index contributed by atoms with van der Waals surface area (Å²) in [5.41, 5.74) is 0.454. The minimum absolute atomic E-state index is 0.0519. The summed E-state index contributed by atoms with van der Waals surface area (Å²) < 4.78 is 39.9. The number of alkyl halides is 3. The molecule has 0 bridgehead atoms. The van der Waals surface area contributed by atoms with Gasteiger partial charge in [0.2, 0.25) is 0 Å². The lowest BCUT2D eigenvalue weighted by Gasteiger charge is -2.24. The summed E-state index contributed by atoms with van der Waals surface area (Å²) in [7, 11) is 0. The molecule has 2 rings (SSSR count). The topological polar surface area (TPSA) is 66.5 Å². The van der Waals surface area contributed by atoms with Gasteiger partial charge in [-0.05, 0) is 68.5 Å². The molecular weight excluding hydrogens is 541 g/mol. The summed E-state index contributed by atoms with van der Waals surface area (Å²) in [5.74, 6) is -3.21. The smallest absolute Gasteiger partial charge is 0.305 e. The molecule has 0 unspecified atom stereocenters. The fourth-order valence-electron chi connectivity index (χ4n) is 4.65. The lowest BCUT2D eigenvalue weighted by Crippen LogP contribution is -2.42. The van der Waals surface area contributed by atoms with E-state index in [0.29, 0.717) is 16.9 Å². The lowest BCUT2D eigenvalue weighted by molar-refractivity contribution is -0.170. The average molecular weight is 587 g/mol. The van der Waals surface area contributed by atoms with Crippen molar-refractivity contribution >= 4 is 23.4 Å². The van der Waals surface area contributed by atoms with E-state index < -0.39 is 23.9 Å². The SMILES string of the molecule is CCCCCCCC/C=C/CCCCCCCCN(C(=O)C(F)(F)F)c1ccc(C(=O)NC(=O)c2ccccc2)cc1. The number of carbonyl (C=O) groups is 3. The van der Waals surface area contributed by atoms with Crippen molar-refractivity contribution < 1.29 is 27.6 Å². The number of hydrogen-bond donors (Lipinski definition) is 1. The molecule has 0 aliphatic rings. The lowest BCUT2D eigenvalue weighted by atomic mass is 10.1. The number of anilines is 1. The van der Waals surface area contributed by atoms with Crippen molar-refractivity contribution in [2.45, 2.75) is 103 Å². The van der Waals surface area contributed by atoms with Crippen LogP contribution in [0.3, 0.4) is 0 Å². The third kappa shape index (κ3) is 13.5. The van der Waals surface area contributed by atoms with Crippen molar-refractivity contribution in [1.29, 1.82) is 0 Å². The molecule has 2 aromatic rings. The molecule has 3 amide bonds. The maximum absolute atomic E-state index is 13.3. The predicted molar refractivity (Wildman–Crippen MR) is 163 cm³/mol. The molecule has 0 saturated carbocycles. The Labute approximate surface area is 248 Å². The molecule has 8 heteroatoms. The zero-order chi connectivity index (χ0) is 30.6. The Morgan fingerprint density at radius 3 is 1.67 bits per heavy atom. The van der Waals surface area contributed by atoms with Gasteiger partial charge in [-0.2, -0.15) is 13.2 Å². The Morgan fingerprint density at radius 1 is 0.667 bits per heavy atom. The van der Waals surface area contributed by atoms with E-state index in [0.717, 1.165) is 44.9 Å². The summed E-state index contributed by atoms with van der Waals surface area (Å²) in [6.07, 6.45) is 14.8. The van der Waals surface area contributed by atoms with Gasteiger partial charge in [-0.1, -0.05) is 95.1 Å². The Morgan fingerprint density at radius 2 is 1.14 bits per heavy atom. The highest BCUT2D eigenvalue weighted by atomic mass is 19.4. The first-order valence-corrected chi connectivity index (χ1v) is 15.3. The van der Waals surface area contributed by atoms with Crippen LogP contribution < -0.4 is 10.2 Å². The molecule has 0 heterocycles. The first-order chi connectivity index (χ1) is 20.2. The molecule has 2 aromatic carbocycles. The van der Waals surface area contributed by atoms with Crippen LogP contribution in [0.15, 0.2) is 66.7 Å². The normalized spacial score (nSPS) is 11.5. The van der Waals surface area contributed by atoms with Crippen LogP contribution in [0.4, 0.5) is 18.9 Å². The van der Waals surface area contributed by atoms with Gasteiger partial charge in [0.1, 0.15) is 0 Å². The molecule has 0 radical (unpaired) electrons. The van der Waals surface area contributed by atoms with E-state index in [4.69, 9.17) is 0 Å². The minimum atomic E-state index is -5.01. The molecule has 0 spiro atoms. The number of hydrogen-bond acceptors (Lipinski definition) is 3. The van der Waals surface area contributed by atoms with Gasteiger partial charge >= 0.3 is 12.1 Å². The first kappa shape index (κ1) is 34.8. The zero-order valence-corrected chi connectivity index (χ0v) is 24.8. The minimum Gasteiger partial charge on any atom is -0.305 e. The Kier molecular flexibility index (Phi) is 16.3. The average Bonchev–Trinajstić information content (AvgIpc) is 2.98.